The molecule has 1 aromatic heterocycles. The summed E-state index contributed by atoms with van der Waals surface area (Å²) in [7, 11) is 1.80. The number of pyridine rings is 1. The summed E-state index contributed by atoms with van der Waals surface area (Å²) in [5.74, 6) is 1.33. The topological polar surface area (TPSA) is 62.7 Å². The zero-order chi connectivity index (χ0) is 20.3. The van der Waals surface area contributed by atoms with Crippen molar-refractivity contribution in [3.8, 4) is 0 Å². The SMILES string of the molecule is COCC1(CC[C@@H]2CC2c2ccccc2)CCN(c2cccc(C(=O)O)n2)CC1. The molecule has 0 amide bonds. The quantitative estimate of drug-likeness (QED) is 0.709. The van der Waals surface area contributed by atoms with Gasteiger partial charge in [0.25, 0.3) is 0 Å². The molecule has 1 aromatic carbocycles. The first-order valence-corrected chi connectivity index (χ1v) is 10.6. The Morgan fingerprint density at radius 1 is 1.17 bits per heavy atom. The molecule has 4 rings (SSSR count). The molecule has 0 bridgehead atoms. The van der Waals surface area contributed by atoms with Crippen LogP contribution < -0.4 is 4.90 Å². The maximum absolute atomic E-state index is 11.2. The minimum absolute atomic E-state index is 0.108. The first-order chi connectivity index (χ1) is 14.1. The highest BCUT2D eigenvalue weighted by atomic mass is 16.5. The van der Waals surface area contributed by atoms with Gasteiger partial charge in [-0.25, -0.2) is 9.78 Å². The van der Waals surface area contributed by atoms with Gasteiger partial charge in [-0.05, 0) is 67.1 Å². The van der Waals surface area contributed by atoms with Crippen LogP contribution in [0.3, 0.4) is 0 Å². The third kappa shape index (κ3) is 4.61. The monoisotopic (exact) mass is 394 g/mol. The lowest BCUT2D eigenvalue weighted by Crippen LogP contribution is -2.43. The standard InChI is InChI=1S/C24H30N2O3/c1-29-17-24(11-10-19-16-20(19)18-6-3-2-4-7-18)12-14-26(15-13-24)22-9-5-8-21(25-22)23(27)28/h2-9,19-20H,10-17H2,1H3,(H,27,28)/t19-,20?/m1/s1. The first-order valence-electron chi connectivity index (χ1n) is 10.6. The van der Waals surface area contributed by atoms with Crippen molar-refractivity contribution in [1.82, 2.24) is 4.98 Å². The summed E-state index contributed by atoms with van der Waals surface area (Å²) in [5.41, 5.74) is 1.81. The Bertz CT molecular complexity index is 831. The van der Waals surface area contributed by atoms with E-state index in [1.807, 2.05) is 6.07 Å². The third-order valence-electron chi connectivity index (χ3n) is 6.75. The van der Waals surface area contributed by atoms with E-state index in [0.29, 0.717) is 0 Å². The highest BCUT2D eigenvalue weighted by Crippen LogP contribution is 2.52. The van der Waals surface area contributed by atoms with Crippen LogP contribution in [0.15, 0.2) is 48.5 Å². The second-order valence-corrected chi connectivity index (χ2v) is 8.66. The fraction of sp³-hybridized carbons (Fsp3) is 0.500. The Balaban J connectivity index is 1.34. The molecule has 1 saturated carbocycles. The maximum Gasteiger partial charge on any atom is 0.354 e. The van der Waals surface area contributed by atoms with Crippen LogP contribution in [0.2, 0.25) is 0 Å². The van der Waals surface area contributed by atoms with Crippen molar-refractivity contribution in [3.05, 3.63) is 59.8 Å². The Labute approximate surface area is 172 Å². The molecule has 2 aromatic rings. The lowest BCUT2D eigenvalue weighted by atomic mass is 9.74. The normalized spacial score (nSPS) is 23.0. The van der Waals surface area contributed by atoms with Crippen LogP contribution in [0.4, 0.5) is 5.82 Å². The van der Waals surface area contributed by atoms with Gasteiger partial charge in [-0.2, -0.15) is 0 Å². The number of rotatable bonds is 8. The van der Waals surface area contributed by atoms with Crippen molar-refractivity contribution >= 4 is 11.8 Å². The number of aromatic carboxylic acids is 1. The van der Waals surface area contributed by atoms with Crippen molar-refractivity contribution in [2.24, 2.45) is 11.3 Å². The predicted molar refractivity (Wildman–Crippen MR) is 113 cm³/mol. The van der Waals surface area contributed by atoms with Gasteiger partial charge in [0, 0.05) is 20.2 Å². The largest absolute Gasteiger partial charge is 0.477 e. The van der Waals surface area contributed by atoms with Crippen LogP contribution in [-0.4, -0.2) is 42.9 Å². The van der Waals surface area contributed by atoms with Gasteiger partial charge >= 0.3 is 5.97 Å². The number of benzene rings is 1. The molecular weight excluding hydrogens is 364 g/mol. The summed E-state index contributed by atoms with van der Waals surface area (Å²) in [6, 6.07) is 16.1. The highest BCUT2D eigenvalue weighted by Gasteiger charge is 2.41. The van der Waals surface area contributed by atoms with Crippen molar-refractivity contribution in [2.45, 2.75) is 38.0 Å². The molecule has 5 heteroatoms. The van der Waals surface area contributed by atoms with Crippen LogP contribution in [0.1, 0.15) is 54.1 Å². The van der Waals surface area contributed by atoms with E-state index < -0.39 is 5.97 Å². The lowest BCUT2D eigenvalue weighted by molar-refractivity contribution is 0.0490. The van der Waals surface area contributed by atoms with E-state index >= 15 is 0 Å². The summed E-state index contributed by atoms with van der Waals surface area (Å²) in [6.45, 7) is 2.59. The van der Waals surface area contributed by atoms with Crippen LogP contribution >= 0.6 is 0 Å². The molecule has 1 saturated heterocycles. The predicted octanol–water partition coefficient (Wildman–Crippen LogP) is 4.60. The molecular formula is C24H30N2O3. The van der Waals surface area contributed by atoms with E-state index in [9.17, 15) is 9.90 Å². The van der Waals surface area contributed by atoms with Gasteiger partial charge in [0.15, 0.2) is 5.69 Å². The second kappa shape index (κ2) is 8.54. The number of methoxy groups -OCH3 is 1. The van der Waals surface area contributed by atoms with Crippen LogP contribution in [-0.2, 0) is 4.74 Å². The first kappa shape index (κ1) is 19.9. The highest BCUT2D eigenvalue weighted by molar-refractivity contribution is 5.85. The molecule has 1 N–H and O–H groups in total. The van der Waals surface area contributed by atoms with Crippen molar-refractivity contribution in [2.75, 3.05) is 31.7 Å². The summed E-state index contributed by atoms with van der Waals surface area (Å²) >= 11 is 0. The summed E-state index contributed by atoms with van der Waals surface area (Å²) in [4.78, 5) is 17.7. The number of piperidine rings is 1. The van der Waals surface area contributed by atoms with Gasteiger partial charge in [0.2, 0.25) is 0 Å². The molecule has 154 valence electrons. The van der Waals surface area contributed by atoms with Crippen molar-refractivity contribution in [3.63, 3.8) is 0 Å². The number of hydrogen-bond donors (Lipinski definition) is 1. The molecule has 0 spiro atoms. The molecule has 1 aliphatic heterocycles. The smallest absolute Gasteiger partial charge is 0.354 e. The van der Waals surface area contributed by atoms with Crippen molar-refractivity contribution < 1.29 is 14.6 Å². The van der Waals surface area contributed by atoms with Crippen LogP contribution in [0.5, 0.6) is 0 Å². The number of aromatic nitrogens is 1. The zero-order valence-electron chi connectivity index (χ0n) is 17.1. The molecule has 29 heavy (non-hydrogen) atoms. The van der Waals surface area contributed by atoms with Gasteiger partial charge in [-0.1, -0.05) is 36.4 Å². The minimum atomic E-state index is -0.977. The number of nitrogens with zero attached hydrogens (tertiary/aromatic N) is 2. The van der Waals surface area contributed by atoms with E-state index in [2.05, 4.69) is 40.2 Å². The van der Waals surface area contributed by atoms with E-state index in [1.165, 1.54) is 24.8 Å². The van der Waals surface area contributed by atoms with Crippen LogP contribution in [0.25, 0.3) is 0 Å². The molecule has 2 aliphatic rings. The fourth-order valence-corrected chi connectivity index (χ4v) is 4.87. The summed E-state index contributed by atoms with van der Waals surface area (Å²) in [5, 5.41) is 9.19. The molecule has 2 heterocycles. The van der Waals surface area contributed by atoms with Gasteiger partial charge in [-0.3, -0.25) is 0 Å². The van der Waals surface area contributed by atoms with E-state index in [0.717, 1.165) is 50.2 Å². The molecule has 2 atom stereocenters. The molecule has 2 fully saturated rings. The third-order valence-corrected chi connectivity index (χ3v) is 6.75. The van der Waals surface area contributed by atoms with E-state index in [1.54, 1.807) is 19.2 Å². The van der Waals surface area contributed by atoms with Crippen LogP contribution in [0, 0.1) is 11.3 Å². The van der Waals surface area contributed by atoms with E-state index in [4.69, 9.17) is 4.74 Å². The lowest BCUT2D eigenvalue weighted by Gasteiger charge is -2.42. The maximum atomic E-state index is 11.2. The van der Waals surface area contributed by atoms with E-state index in [-0.39, 0.29) is 11.1 Å². The number of carbonyl (C=O) groups is 1. The van der Waals surface area contributed by atoms with Gasteiger partial charge in [-0.15, -0.1) is 0 Å². The minimum Gasteiger partial charge on any atom is -0.477 e. The average molecular weight is 395 g/mol. The van der Waals surface area contributed by atoms with Gasteiger partial charge in [0.05, 0.1) is 6.61 Å². The average Bonchev–Trinajstić information content (AvgIpc) is 3.54. The number of carboxylic acid groups (broad SMARTS) is 1. The van der Waals surface area contributed by atoms with Gasteiger partial charge in [0.1, 0.15) is 5.82 Å². The molecule has 1 unspecified atom stereocenters. The number of carboxylic acids is 1. The Morgan fingerprint density at radius 3 is 2.62 bits per heavy atom. The molecule has 1 aliphatic carbocycles. The van der Waals surface area contributed by atoms with Gasteiger partial charge < -0.3 is 14.7 Å². The second-order valence-electron chi connectivity index (χ2n) is 8.66. The number of hydrogen-bond acceptors (Lipinski definition) is 4. The molecule has 5 nitrogen and oxygen atoms in total. The summed E-state index contributed by atoms with van der Waals surface area (Å²) in [6.07, 6.45) is 5.89. The summed E-state index contributed by atoms with van der Waals surface area (Å²) < 4.78 is 5.63. The molecule has 0 radical (unpaired) electrons. The zero-order valence-corrected chi connectivity index (χ0v) is 17.1. The Hall–Kier alpha value is -2.40. The Morgan fingerprint density at radius 2 is 1.93 bits per heavy atom. The fourth-order valence-electron chi connectivity index (χ4n) is 4.87. The van der Waals surface area contributed by atoms with Crippen molar-refractivity contribution in [1.29, 1.82) is 0 Å². The number of ether oxygens (including phenoxy) is 1. The Kier molecular flexibility index (Phi) is 5.86. The number of anilines is 1.